The van der Waals surface area contributed by atoms with E-state index in [4.69, 9.17) is 49.3 Å². The van der Waals surface area contributed by atoms with Crippen molar-refractivity contribution in [3.8, 4) is 161 Å². The summed E-state index contributed by atoms with van der Waals surface area (Å²) in [5.74, 6) is 21.4. The largest absolute Gasteiger partial charge is 0.456 e. The molecule has 0 aliphatic heterocycles. The summed E-state index contributed by atoms with van der Waals surface area (Å²) in [5.41, 5.74) is 27.6. The third-order valence-corrected chi connectivity index (χ3v) is 28.4. The van der Waals surface area contributed by atoms with Gasteiger partial charge in [0.25, 0.3) is 0 Å². The van der Waals surface area contributed by atoms with Crippen molar-refractivity contribution in [3.05, 3.63) is 466 Å². The molecule has 0 amide bonds. The third-order valence-electron chi connectivity index (χ3n) is 27.2. The van der Waals surface area contributed by atoms with Crippen molar-refractivity contribution in [2.24, 2.45) is 0 Å². The van der Waals surface area contributed by atoms with Gasteiger partial charge in [-0.05, 0) is 228 Å². The number of hydrogen-bond acceptors (Lipinski definition) is 11. The van der Waals surface area contributed by atoms with Crippen LogP contribution in [0.25, 0.3) is 255 Å². The topological polar surface area (TPSA) is 149 Å². The summed E-state index contributed by atoms with van der Waals surface area (Å²) >= 11 is 1.85. The van der Waals surface area contributed by atoms with Gasteiger partial charge in [-0.2, -0.15) is 0 Å². The van der Waals surface area contributed by atoms with Crippen LogP contribution < -0.4 is 0 Å². The number of hydrogen-bond donors (Lipinski definition) is 0. The SMILES string of the molecule is CC#CC#CC#CC.Cc1cccc(-c2nc(-c3ccccc3)nc(-c3ccc(-n4c5ccccc5c5cc6c(cc54)oc4ccccc46)cc3)n2)c1.Cc1cccc(-c2nc(-c3ccccc3)nc(-c3ccc(-n4c5ccccc5c5cc6c(cc54)sc4ccccc46)cc3)n2)c1.Cc1cccc(-c2nc(-c3ccccc3)nc(-c3ccc(-n4c5ccccc5c5cc6c7ccccc7n(-c7ccccc7)c6cc54)cc3)n2)c1. The molecule has 0 saturated heterocycles. The Balaban J connectivity index is 0.000000112. The number of aromatic nitrogens is 13. The highest BCUT2D eigenvalue weighted by Gasteiger charge is 2.25. The van der Waals surface area contributed by atoms with Gasteiger partial charge in [0.1, 0.15) is 11.2 Å². The number of furan rings is 1. The molecular formula is C134H89N13OS. The summed E-state index contributed by atoms with van der Waals surface area (Å²) < 4.78 is 18.3. The van der Waals surface area contributed by atoms with Crippen LogP contribution in [0, 0.1) is 56.3 Å². The maximum atomic E-state index is 6.29. The van der Waals surface area contributed by atoms with Gasteiger partial charge >= 0.3 is 0 Å². The van der Waals surface area contributed by atoms with Crippen LogP contribution in [0.15, 0.2) is 453 Å². The fourth-order valence-electron chi connectivity index (χ4n) is 20.4. The third kappa shape index (κ3) is 17.3. The molecule has 9 heterocycles. The molecule has 0 unspecified atom stereocenters. The average molecular weight is 1930 g/mol. The van der Waals surface area contributed by atoms with Gasteiger partial charge in [-0.25, -0.2) is 44.9 Å². The highest BCUT2D eigenvalue weighted by atomic mass is 32.1. The van der Waals surface area contributed by atoms with Crippen LogP contribution in [0.3, 0.4) is 0 Å². The van der Waals surface area contributed by atoms with E-state index in [1.54, 1.807) is 13.8 Å². The molecule has 0 aliphatic carbocycles. The fraction of sp³-hybridized carbons (Fsp3) is 0.0373. The second-order valence-electron chi connectivity index (χ2n) is 36.8. The van der Waals surface area contributed by atoms with Gasteiger partial charge in [-0.1, -0.05) is 302 Å². The molecule has 0 fully saturated rings. The first-order valence-electron chi connectivity index (χ1n) is 49.5. The van der Waals surface area contributed by atoms with Crippen LogP contribution in [-0.2, 0) is 0 Å². The number of nitrogens with zero attached hydrogens (tertiary/aromatic N) is 13. The van der Waals surface area contributed by atoms with Crippen LogP contribution in [0.1, 0.15) is 30.5 Å². The minimum Gasteiger partial charge on any atom is -0.456 e. The van der Waals surface area contributed by atoms with Crippen molar-refractivity contribution in [1.29, 1.82) is 0 Å². The lowest BCUT2D eigenvalue weighted by molar-refractivity contribution is 0.669. The lowest BCUT2D eigenvalue weighted by Crippen LogP contribution is -2.00. The van der Waals surface area contributed by atoms with Crippen molar-refractivity contribution in [2.75, 3.05) is 0 Å². The van der Waals surface area contributed by atoms with Crippen LogP contribution in [0.5, 0.6) is 0 Å². The minimum atomic E-state index is 0.637. The summed E-state index contributed by atoms with van der Waals surface area (Å²) in [4.78, 5) is 44.4. The number of benzene rings is 19. The highest BCUT2D eigenvalue weighted by Crippen LogP contribution is 2.46. The molecule has 0 saturated carbocycles. The average Bonchev–Trinajstić information content (AvgIpc) is 1.55. The van der Waals surface area contributed by atoms with Crippen LogP contribution in [-0.4, -0.2) is 63.1 Å². The van der Waals surface area contributed by atoms with Crippen LogP contribution in [0.4, 0.5) is 0 Å². The van der Waals surface area contributed by atoms with Gasteiger partial charge in [0.05, 0.1) is 44.1 Å². The quantitative estimate of drug-likeness (QED) is 0.102. The van der Waals surface area contributed by atoms with E-state index in [1.165, 1.54) is 90.9 Å². The van der Waals surface area contributed by atoms with Crippen molar-refractivity contribution in [3.63, 3.8) is 0 Å². The monoisotopic (exact) mass is 1930 g/mol. The summed E-state index contributed by atoms with van der Waals surface area (Å²) in [5, 5.41) is 14.8. The Morgan fingerprint density at radius 2 is 0.456 bits per heavy atom. The Morgan fingerprint density at radius 3 is 0.819 bits per heavy atom. The number of thiophene rings is 1. The number of fused-ring (bicyclic) bond motifs is 18. The van der Waals surface area contributed by atoms with Gasteiger partial charge in [0, 0.05) is 153 Å². The summed E-state index contributed by atoms with van der Waals surface area (Å²) in [6, 6.07) is 157. The van der Waals surface area contributed by atoms with E-state index in [2.05, 4.69) is 396 Å². The first-order chi connectivity index (χ1) is 73.5. The van der Waals surface area contributed by atoms with Gasteiger partial charge in [-0.15, -0.1) is 11.3 Å². The normalized spacial score (nSPS) is 11.2. The molecule has 0 radical (unpaired) electrons. The Morgan fingerprint density at radius 1 is 0.181 bits per heavy atom. The molecule has 19 aromatic carbocycles. The standard InChI is InChI=1S/C46H31N5.C40H26N4O.C40H26N4S.C8H6/c1-30-13-12-16-33(27-30)46-48-44(31-14-4-2-5-15-31)47-45(49-46)32-23-25-35(26-24-32)51-41-22-11-9-20-37(41)39-28-38-36-19-8-10-21-40(36)50(42(38)29-43(39)51)34-17-6-3-7-18-34;2*1-25-10-9-13-28(22-25)40-42-38(26-11-3-2-4-12-26)41-39(43-40)27-18-20-29(21-19-27)44-34-16-7-5-14-30(34)32-23-33-31-15-6-8-17-36(31)45-37(33)24-35(32)44;1-3-5-7-8-6-4-2/h2-29H,1H3;2*2-24H,1H3;1-2H3. The lowest BCUT2D eigenvalue weighted by atomic mass is 10.1. The van der Waals surface area contributed by atoms with E-state index < -0.39 is 0 Å². The lowest BCUT2D eigenvalue weighted by Gasteiger charge is -2.11. The van der Waals surface area contributed by atoms with Crippen LogP contribution in [0.2, 0.25) is 0 Å². The molecule has 0 atom stereocenters. The van der Waals surface area contributed by atoms with E-state index in [0.29, 0.717) is 52.4 Å². The number of rotatable bonds is 13. The second kappa shape index (κ2) is 39.1. The molecule has 14 nitrogen and oxygen atoms in total. The van der Waals surface area contributed by atoms with Gasteiger partial charge in [-0.3, -0.25) is 0 Å². The second-order valence-corrected chi connectivity index (χ2v) is 37.9. The van der Waals surface area contributed by atoms with Crippen molar-refractivity contribution in [2.45, 2.75) is 34.6 Å². The molecule has 702 valence electrons. The smallest absolute Gasteiger partial charge is 0.164 e. The number of aryl methyl sites for hydroxylation is 3. The molecule has 0 N–H and O–H groups in total. The highest BCUT2D eigenvalue weighted by molar-refractivity contribution is 7.25. The minimum absolute atomic E-state index is 0.637. The van der Waals surface area contributed by atoms with Crippen molar-refractivity contribution < 1.29 is 4.42 Å². The van der Waals surface area contributed by atoms with Crippen LogP contribution >= 0.6 is 11.3 Å². The zero-order valence-electron chi connectivity index (χ0n) is 81.9. The molecule has 15 heteroatoms. The van der Waals surface area contributed by atoms with Gasteiger partial charge < -0.3 is 22.7 Å². The van der Waals surface area contributed by atoms with Crippen molar-refractivity contribution >= 4 is 141 Å². The van der Waals surface area contributed by atoms with E-state index in [1.807, 2.05) is 139 Å². The molecule has 149 heavy (non-hydrogen) atoms. The molecule has 0 bridgehead atoms. The maximum Gasteiger partial charge on any atom is 0.164 e. The van der Waals surface area contributed by atoms with E-state index in [9.17, 15) is 0 Å². The molecule has 9 aromatic heterocycles. The Bertz CT molecular complexity index is 9920. The molecular weight excluding hydrogens is 1840 g/mol. The number of para-hydroxylation sites is 6. The molecule has 0 aliphatic rings. The van der Waals surface area contributed by atoms with E-state index in [0.717, 1.165) is 128 Å². The maximum absolute atomic E-state index is 6.29. The van der Waals surface area contributed by atoms with Gasteiger partial charge in [0.15, 0.2) is 52.4 Å². The zero-order valence-corrected chi connectivity index (χ0v) is 82.7. The summed E-state index contributed by atoms with van der Waals surface area (Å²) in [6.07, 6.45) is 0. The molecule has 28 rings (SSSR count). The predicted molar refractivity (Wildman–Crippen MR) is 615 cm³/mol. The van der Waals surface area contributed by atoms with E-state index in [-0.39, 0.29) is 0 Å². The summed E-state index contributed by atoms with van der Waals surface area (Å²) in [7, 11) is 0. The first kappa shape index (κ1) is 90.4. The Kier molecular flexibility index (Phi) is 23.7. The Labute approximate surface area is 863 Å². The summed E-state index contributed by atoms with van der Waals surface area (Å²) in [6.45, 7) is 9.74. The zero-order chi connectivity index (χ0) is 99.9. The first-order valence-corrected chi connectivity index (χ1v) is 50.3. The van der Waals surface area contributed by atoms with E-state index >= 15 is 0 Å². The molecule has 0 spiro atoms. The fourth-order valence-corrected chi connectivity index (χ4v) is 21.5. The van der Waals surface area contributed by atoms with Gasteiger partial charge in [0.2, 0.25) is 0 Å². The Hall–Kier alpha value is -19.9. The predicted octanol–water partition coefficient (Wildman–Crippen LogP) is 33.2. The van der Waals surface area contributed by atoms with Crippen molar-refractivity contribution in [1.82, 2.24) is 63.1 Å². The molecule has 28 aromatic rings.